The molecule has 0 N–H and O–H groups in total. The van der Waals surface area contributed by atoms with Gasteiger partial charge in [-0.15, -0.1) is 0 Å². The first-order valence-electron chi connectivity index (χ1n) is 47.6. The minimum absolute atomic E-state index is 0.0000146. The number of carbonyl (C=O) groups is 3. The highest BCUT2D eigenvalue weighted by Crippen LogP contribution is 2.47. The van der Waals surface area contributed by atoms with Crippen LogP contribution in [0.2, 0.25) is 0 Å². The maximum Gasteiger partial charge on any atom is 0.416 e. The van der Waals surface area contributed by atoms with Gasteiger partial charge in [-0.2, -0.15) is 43.1 Å². The molecule has 6 saturated heterocycles. The Labute approximate surface area is 783 Å². The number of rotatable bonds is 18. The van der Waals surface area contributed by atoms with Gasteiger partial charge in [0.15, 0.2) is 0 Å². The van der Waals surface area contributed by atoms with Gasteiger partial charge >= 0.3 is 42.5 Å². The van der Waals surface area contributed by atoms with E-state index in [1.54, 1.807) is 15.9 Å². The lowest BCUT2D eigenvalue weighted by Crippen LogP contribution is -2.62. The highest BCUT2D eigenvalue weighted by molar-refractivity contribution is 5.90. The van der Waals surface area contributed by atoms with Crippen molar-refractivity contribution < 1.29 is 70.2 Å². The average molecular weight is 1840 g/mol. The maximum atomic E-state index is 13.9. The van der Waals surface area contributed by atoms with Gasteiger partial charge in [-0.1, -0.05) is 127 Å². The Morgan fingerprint density at radius 1 is 0.500 bits per heavy atom. The number of piperazine rings is 1. The average Bonchev–Trinajstić information content (AvgIpc) is 0.886. The second-order valence-electron chi connectivity index (χ2n) is 39.6. The smallest absolute Gasteiger partial charge is 0.416 e. The van der Waals surface area contributed by atoms with E-state index in [0.29, 0.717) is 120 Å². The van der Waals surface area contributed by atoms with Crippen molar-refractivity contribution in [3.8, 4) is 18.0 Å². The molecule has 0 bridgehead atoms. The quantitative estimate of drug-likeness (QED) is 0.0572. The topological polar surface area (TPSA) is 242 Å². The number of benzene rings is 6. The molecule has 10 aliphatic rings. The van der Waals surface area contributed by atoms with Crippen molar-refractivity contribution in [1.29, 1.82) is 0 Å². The van der Waals surface area contributed by atoms with Crippen LogP contribution in [0.15, 0.2) is 133 Å². The number of aryl methyl sites for hydroxylation is 2. The Kier molecular flexibility index (Phi) is 28.7. The molecule has 6 aromatic carbocycles. The Hall–Kier alpha value is -11.3. The Morgan fingerprint density at radius 3 is 1.45 bits per heavy atom. The molecule has 0 radical (unpaired) electrons. The summed E-state index contributed by atoms with van der Waals surface area (Å²) in [6.45, 7) is 34.4. The number of fused-ring (bicyclic) bond motifs is 5. The molecule has 7 atom stereocenters. The normalized spacial score (nSPS) is 22.1. The van der Waals surface area contributed by atoms with Gasteiger partial charge < -0.3 is 81.8 Å². The van der Waals surface area contributed by atoms with Gasteiger partial charge in [0.05, 0.1) is 66.5 Å². The summed E-state index contributed by atoms with van der Waals surface area (Å²) in [6.07, 6.45) is 6.34. The molecule has 13 heterocycles. The lowest BCUT2D eigenvalue weighted by atomic mass is 9.72. The number of piperidine rings is 1. The molecule has 710 valence electrons. The predicted molar refractivity (Wildman–Crippen MR) is 505 cm³/mol. The standard InChI is InChI=1S/C36H47N5O4.C34H37F3N6O4.C34H42N4O4/c1-24-9-6-10-25-11-7-13-27(31(24)25)30-19-29-28(21-43-30)32(38-33(37-29)44-20-26-12-8-16-39(26)5)40-17-14-36(15-18-40)22-41(23-36)34(42)45-35(2,3)4;1-38-18-25-19-42(15-16-43(25)33(44)47-20-23-9-4-3-5-10-23)31-27-22-45-30(26-12-6-7-13-28(26)34(35,36)37)17-29(27)39-32(40-31)46-21-24-11-8-14-41(24)2;1-22-9-6-10-23-11-7-13-26(30(22)23)29-19-28-27(21-40-29)31(36-32(35-28)41-20-25-12-8-16-37(25)5)24-14-17-38(18-15-24)33(39)42-34(2,3)4/h6-7,9-11,13,26,30H,8,12,14-23H2,1-5H3;3-7,9-10,12-13,24-25,30H,8,11,14-22H2,2H3;6-7,9-11,13-14,25,29H,8,12,15-21H2,1-5H3/t26-,30?;24-,25+,30?;25-,29?/m010/s1. The molecular formula is C104H126F3N15O12. The Bertz CT molecular complexity index is 5780. The van der Waals surface area contributed by atoms with Crippen LogP contribution >= 0.6 is 0 Å². The summed E-state index contributed by atoms with van der Waals surface area (Å²) < 4.78 is 96.5. The van der Waals surface area contributed by atoms with Gasteiger partial charge in [0.2, 0.25) is 6.54 Å². The molecule has 10 aliphatic heterocycles. The SMILES string of the molecule is Cc1cccc2cccc(C3Cc4nc(OC[C@@H]5CCCN5C)nc(C5=CCN(C(=O)OC(C)(C)C)CC5)c4CO3)c12.Cc1cccc2cccc(C3Cc4nc(OC[C@@H]5CCCN5C)nc(N5CCC6(CC5)CN(C(=O)OC(C)(C)C)C6)c4CO3)c12.[C-]#[N+]C[C@H]1CN(c2nc(OC[C@H]3CCCN3C)nc3c2COC(c2ccccc2C(F)(F)F)C3)CCN1C(=O)OCc1ccccc1. The molecule has 6 fully saturated rings. The number of hydrogen-bond acceptors (Lipinski definition) is 23. The molecule has 1 spiro atoms. The number of amides is 3. The van der Waals surface area contributed by atoms with E-state index in [0.717, 1.165) is 136 Å². The molecule has 27 nitrogen and oxygen atoms in total. The minimum Gasteiger partial charge on any atom is -0.462 e. The fourth-order valence-electron chi connectivity index (χ4n) is 20.5. The highest BCUT2D eigenvalue weighted by atomic mass is 19.4. The fraction of sp³-hybridized carbons (Fsp3) is 0.519. The largest absolute Gasteiger partial charge is 0.462 e. The van der Waals surface area contributed by atoms with Crippen LogP contribution in [0, 0.1) is 25.8 Å². The van der Waals surface area contributed by atoms with Crippen LogP contribution in [-0.4, -0.2) is 239 Å². The third kappa shape index (κ3) is 21.9. The number of halogens is 3. The lowest BCUT2D eigenvalue weighted by Gasteiger charge is -2.53. The van der Waals surface area contributed by atoms with Crippen LogP contribution in [0.25, 0.3) is 32.0 Å². The van der Waals surface area contributed by atoms with Crippen LogP contribution in [-0.2, 0) is 80.3 Å². The van der Waals surface area contributed by atoms with Gasteiger partial charge in [-0.05, 0) is 221 Å². The lowest BCUT2D eigenvalue weighted by molar-refractivity contribution is -0.139. The number of ether oxygens (including phenoxy) is 9. The van der Waals surface area contributed by atoms with Gasteiger partial charge in [0, 0.05) is 118 Å². The summed E-state index contributed by atoms with van der Waals surface area (Å²) in [4.78, 5) is 88.0. The highest BCUT2D eigenvalue weighted by Gasteiger charge is 2.49. The number of nitrogens with zero attached hydrogens (tertiary/aromatic N) is 15. The summed E-state index contributed by atoms with van der Waals surface area (Å²) in [6, 6.07) is 42.2. The van der Waals surface area contributed by atoms with Gasteiger partial charge in [0.1, 0.15) is 55.3 Å². The summed E-state index contributed by atoms with van der Waals surface area (Å²) in [7, 11) is 6.36. The van der Waals surface area contributed by atoms with Crippen LogP contribution in [0.3, 0.4) is 0 Å². The monoisotopic (exact) mass is 1830 g/mol. The molecule has 0 saturated carbocycles. The Morgan fingerprint density at radius 2 is 0.963 bits per heavy atom. The number of anilines is 2. The van der Waals surface area contributed by atoms with Crippen molar-refractivity contribution in [3.63, 3.8) is 0 Å². The molecular weight excluding hydrogens is 1710 g/mol. The van der Waals surface area contributed by atoms with E-state index in [-0.39, 0.29) is 80.1 Å². The first kappa shape index (κ1) is 94.4. The van der Waals surface area contributed by atoms with Crippen molar-refractivity contribution >= 4 is 57.0 Å². The molecule has 134 heavy (non-hydrogen) atoms. The van der Waals surface area contributed by atoms with E-state index >= 15 is 0 Å². The van der Waals surface area contributed by atoms with E-state index in [1.165, 1.54) is 68.8 Å². The molecule has 9 aromatic rings. The van der Waals surface area contributed by atoms with Crippen molar-refractivity contribution in [3.05, 3.63) is 223 Å². The van der Waals surface area contributed by atoms with Crippen LogP contribution in [0.1, 0.15) is 196 Å². The van der Waals surface area contributed by atoms with Crippen molar-refractivity contribution in [1.82, 2.24) is 59.3 Å². The second-order valence-corrected chi connectivity index (χ2v) is 39.6. The van der Waals surface area contributed by atoms with E-state index in [1.807, 2.05) is 88.7 Å². The number of carbonyl (C=O) groups excluding carboxylic acids is 3. The fourth-order valence-corrected chi connectivity index (χ4v) is 20.5. The zero-order valence-corrected chi connectivity index (χ0v) is 79.1. The van der Waals surface area contributed by atoms with Gasteiger partial charge in [0.25, 0.3) is 0 Å². The molecule has 30 heteroatoms. The summed E-state index contributed by atoms with van der Waals surface area (Å²) in [5.74, 6) is 1.49. The predicted octanol–water partition coefficient (Wildman–Crippen LogP) is 17.8. The zero-order chi connectivity index (χ0) is 93.7. The van der Waals surface area contributed by atoms with Crippen molar-refractivity contribution in [2.75, 3.05) is 136 Å². The number of likely N-dealkylation sites (N-methyl/N-ethyl adjacent to an activating group) is 3. The van der Waals surface area contributed by atoms with Crippen molar-refractivity contribution in [2.24, 2.45) is 5.41 Å². The maximum absolute atomic E-state index is 13.9. The third-order valence-electron chi connectivity index (χ3n) is 27.9. The number of aromatic nitrogens is 6. The molecule has 3 amide bonds. The minimum atomic E-state index is -4.53. The summed E-state index contributed by atoms with van der Waals surface area (Å²) in [5.41, 5.74) is 11.5. The summed E-state index contributed by atoms with van der Waals surface area (Å²) >= 11 is 0. The molecule has 3 aromatic heterocycles. The van der Waals surface area contributed by atoms with E-state index in [4.69, 9.17) is 79.1 Å². The van der Waals surface area contributed by atoms with Gasteiger partial charge in [-0.3, -0.25) is 4.90 Å². The third-order valence-corrected chi connectivity index (χ3v) is 27.9. The summed E-state index contributed by atoms with van der Waals surface area (Å²) in [5, 5.41) is 4.97. The number of alkyl halides is 3. The van der Waals surface area contributed by atoms with E-state index < -0.39 is 41.2 Å². The van der Waals surface area contributed by atoms with E-state index in [2.05, 4.69) is 131 Å². The van der Waals surface area contributed by atoms with E-state index in [9.17, 15) is 27.6 Å². The van der Waals surface area contributed by atoms with Crippen LogP contribution < -0.4 is 24.0 Å². The molecule has 3 unspecified atom stereocenters. The Balaban J connectivity index is 0.000000140. The first-order valence-corrected chi connectivity index (χ1v) is 47.6. The van der Waals surface area contributed by atoms with Crippen molar-refractivity contribution in [2.45, 2.75) is 219 Å². The molecule has 19 rings (SSSR count). The number of hydrogen-bond donors (Lipinski definition) is 0. The zero-order valence-electron chi connectivity index (χ0n) is 79.1. The first-order chi connectivity index (χ1) is 64.4. The van der Waals surface area contributed by atoms with Crippen LogP contribution in [0.4, 0.5) is 39.2 Å². The number of likely N-dealkylation sites (tertiary alicyclic amines) is 4. The van der Waals surface area contributed by atoms with Crippen LogP contribution in [0.5, 0.6) is 18.0 Å². The second kappa shape index (κ2) is 40.7. The van der Waals surface area contributed by atoms with Gasteiger partial charge in [-0.25, -0.2) is 21.0 Å². The molecule has 0 aliphatic carbocycles.